The largest absolute Gasteiger partial charge is 0.339 e. The Bertz CT molecular complexity index is 553. The van der Waals surface area contributed by atoms with E-state index in [4.69, 9.17) is 0 Å². The van der Waals surface area contributed by atoms with Crippen molar-refractivity contribution in [1.82, 2.24) is 9.80 Å². The highest BCUT2D eigenvalue weighted by Crippen LogP contribution is 2.13. The Morgan fingerprint density at radius 2 is 1.57 bits per heavy atom. The highest BCUT2D eigenvalue weighted by Gasteiger charge is 2.26. The number of rotatable bonds is 2. The van der Waals surface area contributed by atoms with Crippen molar-refractivity contribution in [3.63, 3.8) is 0 Å². The lowest BCUT2D eigenvalue weighted by Crippen LogP contribution is -2.51. The summed E-state index contributed by atoms with van der Waals surface area (Å²) >= 11 is 0. The van der Waals surface area contributed by atoms with Crippen molar-refractivity contribution in [2.45, 2.75) is 13.8 Å². The second kappa shape index (κ2) is 6.20. The second-order valence-electron chi connectivity index (χ2n) is 5.40. The van der Waals surface area contributed by atoms with Gasteiger partial charge in [-0.05, 0) is 18.2 Å². The first-order valence-electron chi connectivity index (χ1n) is 6.93. The average Bonchev–Trinajstić information content (AvgIpc) is 2.48. The summed E-state index contributed by atoms with van der Waals surface area (Å²) in [7, 11) is 0. The van der Waals surface area contributed by atoms with Crippen LogP contribution in [-0.4, -0.2) is 47.8 Å². The molecule has 2 amide bonds. The molecule has 0 atom stereocenters. The maximum Gasteiger partial charge on any atom is 0.254 e. The molecule has 1 aromatic rings. The van der Waals surface area contributed by atoms with Crippen LogP contribution in [0.25, 0.3) is 0 Å². The van der Waals surface area contributed by atoms with Crippen LogP contribution in [0.5, 0.6) is 0 Å². The third-order valence-electron chi connectivity index (χ3n) is 3.54. The minimum atomic E-state index is -1.03. The average molecular weight is 296 g/mol. The van der Waals surface area contributed by atoms with E-state index < -0.39 is 11.6 Å². The van der Waals surface area contributed by atoms with Crippen LogP contribution in [-0.2, 0) is 4.79 Å². The van der Waals surface area contributed by atoms with Gasteiger partial charge >= 0.3 is 0 Å². The SMILES string of the molecule is CC(C)C(=O)N1CCN(C(=O)c2ccc(F)c(F)c2)CC1. The Balaban J connectivity index is 2.00. The Labute approximate surface area is 122 Å². The van der Waals surface area contributed by atoms with Gasteiger partial charge in [0.2, 0.25) is 5.91 Å². The summed E-state index contributed by atoms with van der Waals surface area (Å²) in [6, 6.07) is 3.12. The molecular weight excluding hydrogens is 278 g/mol. The third-order valence-corrected chi connectivity index (χ3v) is 3.54. The minimum Gasteiger partial charge on any atom is -0.339 e. The Hall–Kier alpha value is -1.98. The van der Waals surface area contributed by atoms with Crippen molar-refractivity contribution in [2.24, 2.45) is 5.92 Å². The van der Waals surface area contributed by atoms with Gasteiger partial charge in [0.15, 0.2) is 11.6 Å². The Kier molecular flexibility index (Phi) is 4.55. The van der Waals surface area contributed by atoms with E-state index in [2.05, 4.69) is 0 Å². The standard InChI is InChI=1S/C15H18F2N2O2/c1-10(2)14(20)18-5-7-19(8-6-18)15(21)11-3-4-12(16)13(17)9-11/h3-4,9-10H,5-8H2,1-2H3. The van der Waals surface area contributed by atoms with Gasteiger partial charge in [-0.1, -0.05) is 13.8 Å². The monoisotopic (exact) mass is 296 g/mol. The molecule has 0 spiro atoms. The first-order chi connectivity index (χ1) is 9.90. The third kappa shape index (κ3) is 3.37. The van der Waals surface area contributed by atoms with E-state index in [1.54, 1.807) is 9.80 Å². The number of hydrogen-bond donors (Lipinski definition) is 0. The molecule has 0 aliphatic carbocycles. The summed E-state index contributed by atoms with van der Waals surface area (Å²) in [6.07, 6.45) is 0. The Morgan fingerprint density at radius 1 is 1.00 bits per heavy atom. The maximum absolute atomic E-state index is 13.2. The molecule has 0 N–H and O–H groups in total. The van der Waals surface area contributed by atoms with Gasteiger partial charge in [0.1, 0.15) is 0 Å². The molecule has 0 unspecified atom stereocenters. The molecule has 1 aromatic carbocycles. The maximum atomic E-state index is 13.2. The molecule has 0 radical (unpaired) electrons. The normalized spacial score (nSPS) is 15.5. The lowest BCUT2D eigenvalue weighted by atomic mass is 10.1. The van der Waals surface area contributed by atoms with Crippen molar-refractivity contribution in [2.75, 3.05) is 26.2 Å². The molecule has 2 rings (SSSR count). The summed E-state index contributed by atoms with van der Waals surface area (Å²) in [4.78, 5) is 27.3. The van der Waals surface area contributed by atoms with E-state index in [0.29, 0.717) is 26.2 Å². The summed E-state index contributed by atoms with van der Waals surface area (Å²) in [5.41, 5.74) is 0.123. The summed E-state index contributed by atoms with van der Waals surface area (Å²) in [5, 5.41) is 0. The number of hydrogen-bond acceptors (Lipinski definition) is 2. The smallest absolute Gasteiger partial charge is 0.254 e. The van der Waals surface area contributed by atoms with E-state index in [1.165, 1.54) is 6.07 Å². The zero-order chi connectivity index (χ0) is 15.6. The van der Waals surface area contributed by atoms with Crippen LogP contribution in [0.3, 0.4) is 0 Å². The molecule has 0 aromatic heterocycles. The molecule has 1 aliphatic heterocycles. The minimum absolute atomic E-state index is 0.0647. The number of halogens is 2. The van der Waals surface area contributed by atoms with E-state index in [-0.39, 0.29) is 23.3 Å². The van der Waals surface area contributed by atoms with E-state index in [0.717, 1.165) is 12.1 Å². The number of nitrogens with zero attached hydrogens (tertiary/aromatic N) is 2. The molecule has 0 bridgehead atoms. The highest BCUT2D eigenvalue weighted by atomic mass is 19.2. The van der Waals surface area contributed by atoms with Crippen LogP contribution in [0.1, 0.15) is 24.2 Å². The quantitative estimate of drug-likeness (QED) is 0.836. The molecule has 0 saturated carbocycles. The molecule has 4 nitrogen and oxygen atoms in total. The predicted octanol–water partition coefficient (Wildman–Crippen LogP) is 1.91. The summed E-state index contributed by atoms with van der Waals surface area (Å²) < 4.78 is 26.0. The number of carbonyl (C=O) groups excluding carboxylic acids is 2. The van der Waals surface area contributed by atoms with E-state index in [1.807, 2.05) is 13.8 Å². The van der Waals surface area contributed by atoms with Gasteiger partial charge in [-0.3, -0.25) is 9.59 Å². The fourth-order valence-electron chi connectivity index (χ4n) is 2.31. The zero-order valence-electron chi connectivity index (χ0n) is 12.1. The first-order valence-corrected chi connectivity index (χ1v) is 6.93. The molecule has 114 valence electrons. The molecular formula is C15H18F2N2O2. The van der Waals surface area contributed by atoms with Gasteiger partial charge in [-0.15, -0.1) is 0 Å². The lowest BCUT2D eigenvalue weighted by Gasteiger charge is -2.35. The van der Waals surface area contributed by atoms with Crippen molar-refractivity contribution in [3.8, 4) is 0 Å². The molecule has 1 heterocycles. The van der Waals surface area contributed by atoms with Gasteiger partial charge in [-0.2, -0.15) is 0 Å². The second-order valence-corrected chi connectivity index (χ2v) is 5.40. The van der Waals surface area contributed by atoms with Crippen LogP contribution in [0, 0.1) is 17.6 Å². The predicted molar refractivity (Wildman–Crippen MR) is 73.7 cm³/mol. The zero-order valence-corrected chi connectivity index (χ0v) is 12.1. The van der Waals surface area contributed by atoms with Crippen molar-refractivity contribution >= 4 is 11.8 Å². The van der Waals surface area contributed by atoms with Crippen LogP contribution in [0.15, 0.2) is 18.2 Å². The van der Waals surface area contributed by atoms with Gasteiger partial charge in [0.25, 0.3) is 5.91 Å². The fourth-order valence-corrected chi connectivity index (χ4v) is 2.31. The fraction of sp³-hybridized carbons (Fsp3) is 0.467. The van der Waals surface area contributed by atoms with Gasteiger partial charge in [0, 0.05) is 37.7 Å². The molecule has 21 heavy (non-hydrogen) atoms. The molecule has 1 aliphatic rings. The lowest BCUT2D eigenvalue weighted by molar-refractivity contribution is -0.135. The molecule has 1 fully saturated rings. The Morgan fingerprint density at radius 3 is 2.10 bits per heavy atom. The van der Waals surface area contributed by atoms with Crippen LogP contribution >= 0.6 is 0 Å². The highest BCUT2D eigenvalue weighted by molar-refractivity contribution is 5.94. The topological polar surface area (TPSA) is 40.6 Å². The van der Waals surface area contributed by atoms with Crippen LogP contribution in [0.2, 0.25) is 0 Å². The molecule has 1 saturated heterocycles. The van der Waals surface area contributed by atoms with Crippen molar-refractivity contribution < 1.29 is 18.4 Å². The number of carbonyl (C=O) groups is 2. The van der Waals surface area contributed by atoms with Gasteiger partial charge in [0.05, 0.1) is 0 Å². The van der Waals surface area contributed by atoms with Crippen LogP contribution < -0.4 is 0 Å². The van der Waals surface area contributed by atoms with E-state index in [9.17, 15) is 18.4 Å². The number of piperazine rings is 1. The van der Waals surface area contributed by atoms with Crippen molar-refractivity contribution in [3.05, 3.63) is 35.4 Å². The van der Waals surface area contributed by atoms with E-state index >= 15 is 0 Å². The number of amides is 2. The summed E-state index contributed by atoms with van der Waals surface area (Å²) in [5.74, 6) is -2.35. The van der Waals surface area contributed by atoms with Gasteiger partial charge in [-0.25, -0.2) is 8.78 Å². The summed E-state index contributed by atoms with van der Waals surface area (Å²) in [6.45, 7) is 5.40. The van der Waals surface area contributed by atoms with Gasteiger partial charge < -0.3 is 9.80 Å². The van der Waals surface area contributed by atoms with Crippen molar-refractivity contribution in [1.29, 1.82) is 0 Å². The number of benzene rings is 1. The first kappa shape index (κ1) is 15.4. The van der Waals surface area contributed by atoms with Crippen LogP contribution in [0.4, 0.5) is 8.78 Å². The molecule has 6 heteroatoms.